The Kier molecular flexibility index (Phi) is 9.10. The summed E-state index contributed by atoms with van der Waals surface area (Å²) in [6.45, 7) is 4.79. The Labute approximate surface area is 375 Å². The third kappa shape index (κ3) is 6.12. The Hall–Kier alpha value is -6.69. The largest absolute Gasteiger partial charge is 0.456 e. The van der Waals surface area contributed by atoms with E-state index in [4.69, 9.17) is 4.42 Å². The quantitative estimate of drug-likeness (QED) is 0.167. The van der Waals surface area contributed by atoms with Crippen LogP contribution in [0.4, 0.5) is 17.1 Å². The number of para-hydroxylation sites is 1. The highest BCUT2D eigenvalue weighted by Crippen LogP contribution is 2.64. The average molecular weight is 852 g/mol. The van der Waals surface area contributed by atoms with Gasteiger partial charge < -0.3 is 9.32 Å². The highest BCUT2D eigenvalue weighted by atomic mass is 32.2. The summed E-state index contributed by atoms with van der Waals surface area (Å²) in [5, 5.41) is 2.23. The van der Waals surface area contributed by atoms with Crippen molar-refractivity contribution >= 4 is 48.8 Å². The zero-order valence-corrected chi connectivity index (χ0v) is 36.9. The molecular formula is C59H49NO3S. The van der Waals surface area contributed by atoms with E-state index in [-0.39, 0.29) is 5.41 Å². The maximum absolute atomic E-state index is 14.7. The van der Waals surface area contributed by atoms with Crippen LogP contribution in [0.2, 0.25) is 0 Å². The number of furan rings is 1. The van der Waals surface area contributed by atoms with E-state index in [1.807, 2.05) is 42.5 Å². The molecule has 0 saturated heterocycles. The third-order valence-electron chi connectivity index (χ3n) is 14.9. The molecule has 1 spiro atoms. The minimum Gasteiger partial charge on any atom is -0.456 e. The van der Waals surface area contributed by atoms with Crippen molar-refractivity contribution in [1.29, 1.82) is 0 Å². The number of nitrogens with zero attached hydrogens (tertiary/aromatic N) is 1. The first kappa shape index (κ1) is 38.9. The molecule has 12 rings (SSSR count). The Morgan fingerprint density at radius 1 is 0.438 bits per heavy atom. The number of rotatable bonds is 6. The van der Waals surface area contributed by atoms with Gasteiger partial charge in [0.2, 0.25) is 9.84 Å². The van der Waals surface area contributed by atoms with Crippen molar-refractivity contribution in [2.75, 3.05) is 4.90 Å². The van der Waals surface area contributed by atoms with E-state index in [1.165, 1.54) is 11.1 Å². The summed E-state index contributed by atoms with van der Waals surface area (Å²) < 4.78 is 35.8. The van der Waals surface area contributed by atoms with Crippen LogP contribution in [0.25, 0.3) is 55.3 Å². The predicted molar refractivity (Wildman–Crippen MR) is 261 cm³/mol. The monoisotopic (exact) mass is 851 g/mol. The molecule has 2 saturated carbocycles. The molecule has 2 heterocycles. The van der Waals surface area contributed by atoms with Gasteiger partial charge in [0.1, 0.15) is 11.2 Å². The van der Waals surface area contributed by atoms with Crippen LogP contribution < -0.4 is 4.90 Å². The fraction of sp³-hybridized carbons (Fsp3) is 0.186. The van der Waals surface area contributed by atoms with E-state index < -0.39 is 9.84 Å². The molecule has 2 aliphatic carbocycles. The number of hydrogen-bond acceptors (Lipinski definition) is 4. The first-order valence-electron chi connectivity index (χ1n) is 22.8. The lowest BCUT2D eigenvalue weighted by Crippen LogP contribution is -2.54. The van der Waals surface area contributed by atoms with Crippen molar-refractivity contribution in [2.45, 2.75) is 54.7 Å². The lowest BCUT2D eigenvalue weighted by atomic mass is 9.46. The van der Waals surface area contributed by atoms with E-state index in [2.05, 4.69) is 164 Å². The minimum absolute atomic E-state index is 0.347. The lowest BCUT2D eigenvalue weighted by Gasteiger charge is -2.59. The second-order valence-electron chi connectivity index (χ2n) is 18.8. The normalized spacial score (nSPS) is 22.0. The molecular weight excluding hydrogens is 803 g/mol. The van der Waals surface area contributed by atoms with Crippen LogP contribution in [0.3, 0.4) is 0 Å². The van der Waals surface area contributed by atoms with Crippen LogP contribution in [0.5, 0.6) is 0 Å². The van der Waals surface area contributed by atoms with Crippen molar-refractivity contribution in [3.8, 4) is 33.4 Å². The van der Waals surface area contributed by atoms with E-state index in [9.17, 15) is 8.42 Å². The van der Waals surface area contributed by atoms with Crippen molar-refractivity contribution in [3.05, 3.63) is 199 Å². The van der Waals surface area contributed by atoms with Gasteiger partial charge in [-0.1, -0.05) is 135 Å². The second kappa shape index (κ2) is 15.0. The van der Waals surface area contributed by atoms with Gasteiger partial charge in [-0.25, -0.2) is 8.42 Å². The summed E-state index contributed by atoms with van der Waals surface area (Å²) in [6.07, 6.45) is 4.38. The first-order chi connectivity index (χ1) is 31.3. The summed E-state index contributed by atoms with van der Waals surface area (Å²) in [5.74, 6) is 1.89. The van der Waals surface area contributed by atoms with Gasteiger partial charge in [-0.3, -0.25) is 0 Å². The highest BCUT2D eigenvalue weighted by Gasteiger charge is 2.59. The van der Waals surface area contributed by atoms with Gasteiger partial charge in [-0.15, -0.1) is 0 Å². The fourth-order valence-corrected chi connectivity index (χ4v) is 14.0. The minimum atomic E-state index is -3.75. The van der Waals surface area contributed by atoms with Gasteiger partial charge in [-0.05, 0) is 161 Å². The summed E-state index contributed by atoms with van der Waals surface area (Å²) in [7, 11) is -3.75. The zero-order valence-electron chi connectivity index (χ0n) is 36.1. The number of benzene rings is 8. The molecule has 1 aromatic heterocycles. The van der Waals surface area contributed by atoms with E-state index >= 15 is 0 Å². The van der Waals surface area contributed by atoms with Crippen LogP contribution in [-0.4, -0.2) is 8.42 Å². The van der Waals surface area contributed by atoms with Crippen molar-refractivity contribution < 1.29 is 12.8 Å². The zero-order chi connectivity index (χ0) is 43.2. The molecule has 0 atom stereocenters. The molecule has 9 aromatic rings. The number of anilines is 3. The molecule has 0 N–H and O–H groups in total. The molecule has 8 aromatic carbocycles. The highest BCUT2D eigenvalue weighted by molar-refractivity contribution is 7.91. The Bertz CT molecular complexity index is 3300. The smallest absolute Gasteiger partial charge is 0.207 e. The second-order valence-corrected chi connectivity index (χ2v) is 20.7. The number of fused-ring (bicyclic) bond motifs is 5. The third-order valence-corrected chi connectivity index (χ3v) is 16.8. The summed E-state index contributed by atoms with van der Waals surface area (Å²) in [6, 6.07) is 65.6. The molecule has 1 aliphatic heterocycles. The van der Waals surface area contributed by atoms with E-state index in [0.29, 0.717) is 33.5 Å². The summed E-state index contributed by atoms with van der Waals surface area (Å²) in [5.41, 5.74) is 13.1. The predicted octanol–water partition coefficient (Wildman–Crippen LogP) is 15.6. The van der Waals surface area contributed by atoms with Gasteiger partial charge in [0, 0.05) is 33.2 Å². The van der Waals surface area contributed by atoms with Gasteiger partial charge in [0.05, 0.1) is 9.79 Å². The van der Waals surface area contributed by atoms with Gasteiger partial charge in [0.25, 0.3) is 0 Å². The summed E-state index contributed by atoms with van der Waals surface area (Å²) >= 11 is 0. The standard InChI is InChI=1S/C59H49NO3S/c1-38-32-46-34-39(2)35-47(33-38)59(46)53-13-7-9-15-57(53)64(61,62)58-31-29-50(37-54(58)59)60(48-25-20-43(21-26-48)42-18-16-41(17-19-42)40-10-4-3-5-11-40)49-27-22-44(23-28-49)45-24-30-52-51-12-6-8-14-55(51)63-56(52)36-45/h3-31,36-39,46-47H,32-35H2,1-2H3/t38-,39+,46+,47-,59?. The van der Waals surface area contributed by atoms with Crippen molar-refractivity contribution in [1.82, 2.24) is 0 Å². The van der Waals surface area contributed by atoms with Crippen LogP contribution in [0.15, 0.2) is 202 Å². The average Bonchev–Trinajstić information content (AvgIpc) is 3.70. The maximum atomic E-state index is 14.7. The van der Waals surface area contributed by atoms with Crippen LogP contribution in [0, 0.1) is 23.7 Å². The Morgan fingerprint density at radius 2 is 0.906 bits per heavy atom. The SMILES string of the molecule is C[C@H]1C[C@@H]2C[C@@H](C)C[C@H](C1)C21c2ccccc2S(=O)(=O)c2ccc(N(c3ccc(-c4ccc(-c5ccccc5)cc4)cc3)c3ccc(-c4ccc5c(c4)oc4ccccc45)cc3)cc21. The van der Waals surface area contributed by atoms with Gasteiger partial charge in [0.15, 0.2) is 0 Å². The Morgan fingerprint density at radius 3 is 1.55 bits per heavy atom. The van der Waals surface area contributed by atoms with Gasteiger partial charge in [-0.2, -0.15) is 0 Å². The molecule has 64 heavy (non-hydrogen) atoms. The fourth-order valence-electron chi connectivity index (χ4n) is 12.2. The van der Waals surface area contributed by atoms with E-state index in [0.717, 1.165) is 98.1 Å². The summed E-state index contributed by atoms with van der Waals surface area (Å²) in [4.78, 5) is 3.27. The first-order valence-corrected chi connectivity index (χ1v) is 24.3. The molecule has 4 nitrogen and oxygen atoms in total. The van der Waals surface area contributed by atoms with Crippen LogP contribution in [0.1, 0.15) is 50.7 Å². The topological polar surface area (TPSA) is 50.5 Å². The Balaban J connectivity index is 0.991. The molecule has 2 fully saturated rings. The molecule has 314 valence electrons. The lowest BCUT2D eigenvalue weighted by molar-refractivity contribution is 0.0231. The maximum Gasteiger partial charge on any atom is 0.207 e. The van der Waals surface area contributed by atoms with Gasteiger partial charge >= 0.3 is 0 Å². The molecule has 0 unspecified atom stereocenters. The van der Waals surface area contributed by atoms with Crippen LogP contribution in [-0.2, 0) is 15.3 Å². The number of sulfone groups is 1. The van der Waals surface area contributed by atoms with E-state index in [1.54, 1.807) is 0 Å². The molecule has 0 amide bonds. The molecule has 5 heteroatoms. The number of hydrogen-bond donors (Lipinski definition) is 0. The molecule has 2 bridgehead atoms. The van der Waals surface area contributed by atoms with Crippen molar-refractivity contribution in [2.24, 2.45) is 23.7 Å². The molecule has 0 radical (unpaired) electrons. The van der Waals surface area contributed by atoms with Crippen molar-refractivity contribution in [3.63, 3.8) is 0 Å². The van der Waals surface area contributed by atoms with Crippen LogP contribution >= 0.6 is 0 Å². The molecule has 3 aliphatic rings.